The lowest BCUT2D eigenvalue weighted by Gasteiger charge is -2.08. The molecule has 1 rings (SSSR count). The second kappa shape index (κ2) is 5.72. The first kappa shape index (κ1) is 13.6. The van der Waals surface area contributed by atoms with Crippen LogP contribution in [-0.4, -0.2) is 29.6 Å². The fraction of sp³-hybridized carbons (Fsp3) is 0.333. The zero-order valence-electron chi connectivity index (χ0n) is 8.42. The van der Waals surface area contributed by atoms with E-state index in [1.807, 2.05) is 0 Å². The molecule has 1 aromatic rings. The van der Waals surface area contributed by atoms with E-state index in [9.17, 15) is 18.0 Å². The summed E-state index contributed by atoms with van der Waals surface area (Å²) in [6.45, 7) is -1.41. The Morgan fingerprint density at radius 2 is 2.18 bits per heavy atom. The predicted molar refractivity (Wildman–Crippen MR) is 55.1 cm³/mol. The molecule has 0 bridgehead atoms. The molecule has 94 valence electrons. The van der Waals surface area contributed by atoms with Crippen molar-refractivity contribution in [3.63, 3.8) is 0 Å². The van der Waals surface area contributed by atoms with Gasteiger partial charge in [0.1, 0.15) is 5.88 Å². The molecular formula is C9H8ClF3N2O2. The molecule has 0 saturated carbocycles. The van der Waals surface area contributed by atoms with Crippen LogP contribution in [0.5, 0.6) is 5.88 Å². The van der Waals surface area contributed by atoms with E-state index in [2.05, 4.69) is 15.0 Å². The normalized spacial score (nSPS) is 11.1. The summed E-state index contributed by atoms with van der Waals surface area (Å²) in [6, 6.07) is 2.58. The van der Waals surface area contributed by atoms with Gasteiger partial charge in [-0.2, -0.15) is 13.2 Å². The van der Waals surface area contributed by atoms with Crippen molar-refractivity contribution >= 4 is 23.2 Å². The summed E-state index contributed by atoms with van der Waals surface area (Å²) in [6.07, 6.45) is -3.23. The van der Waals surface area contributed by atoms with Gasteiger partial charge in [0.2, 0.25) is 11.8 Å². The Labute approximate surface area is 99.7 Å². The van der Waals surface area contributed by atoms with Crippen molar-refractivity contribution in [2.45, 2.75) is 6.18 Å². The highest BCUT2D eigenvalue weighted by Crippen LogP contribution is 2.17. The van der Waals surface area contributed by atoms with Crippen LogP contribution in [-0.2, 0) is 4.79 Å². The molecular weight excluding hydrogens is 261 g/mol. The van der Waals surface area contributed by atoms with E-state index in [0.29, 0.717) is 5.69 Å². The van der Waals surface area contributed by atoms with Crippen molar-refractivity contribution in [3.8, 4) is 5.88 Å². The van der Waals surface area contributed by atoms with Crippen LogP contribution in [0.4, 0.5) is 18.9 Å². The molecule has 1 amide bonds. The van der Waals surface area contributed by atoms with Gasteiger partial charge >= 0.3 is 6.18 Å². The molecule has 0 aliphatic heterocycles. The average molecular weight is 269 g/mol. The minimum absolute atomic E-state index is 0.175. The van der Waals surface area contributed by atoms with E-state index in [1.165, 1.54) is 18.3 Å². The molecule has 0 radical (unpaired) electrons. The van der Waals surface area contributed by atoms with Gasteiger partial charge in [-0.15, -0.1) is 11.6 Å². The number of nitrogens with one attached hydrogen (secondary N) is 1. The lowest BCUT2D eigenvalue weighted by atomic mass is 10.4. The number of rotatable bonds is 4. The molecule has 0 fully saturated rings. The van der Waals surface area contributed by atoms with E-state index in [4.69, 9.17) is 11.6 Å². The summed E-state index contributed by atoms with van der Waals surface area (Å²) in [5.41, 5.74) is 0.329. The zero-order chi connectivity index (χ0) is 12.9. The number of alkyl halides is 4. The van der Waals surface area contributed by atoms with Gasteiger partial charge in [0, 0.05) is 6.07 Å². The number of hydrogen-bond acceptors (Lipinski definition) is 3. The molecule has 8 heteroatoms. The van der Waals surface area contributed by atoms with Crippen LogP contribution in [0.2, 0.25) is 0 Å². The van der Waals surface area contributed by atoms with Gasteiger partial charge in [0.25, 0.3) is 0 Å². The topological polar surface area (TPSA) is 51.2 Å². The summed E-state index contributed by atoms with van der Waals surface area (Å²) in [7, 11) is 0. The maximum atomic E-state index is 11.8. The van der Waals surface area contributed by atoms with Crippen LogP contribution in [0.1, 0.15) is 0 Å². The molecule has 1 heterocycles. The summed E-state index contributed by atoms with van der Waals surface area (Å²) in [5, 5.41) is 2.38. The smallest absolute Gasteiger partial charge is 0.422 e. The van der Waals surface area contributed by atoms with Gasteiger partial charge in [-0.05, 0) is 6.07 Å². The van der Waals surface area contributed by atoms with Gasteiger partial charge in [-0.3, -0.25) is 4.79 Å². The van der Waals surface area contributed by atoms with Crippen LogP contribution < -0.4 is 10.1 Å². The first-order valence-electron chi connectivity index (χ1n) is 4.42. The Bertz CT molecular complexity index is 381. The molecule has 17 heavy (non-hydrogen) atoms. The van der Waals surface area contributed by atoms with E-state index in [-0.39, 0.29) is 11.8 Å². The van der Waals surface area contributed by atoms with E-state index in [1.54, 1.807) is 0 Å². The van der Waals surface area contributed by atoms with E-state index < -0.39 is 18.7 Å². The molecule has 0 saturated heterocycles. The summed E-state index contributed by atoms with van der Waals surface area (Å²) >= 11 is 5.25. The molecule has 1 aromatic heterocycles. The Morgan fingerprint density at radius 3 is 2.65 bits per heavy atom. The number of hydrogen-bond donors (Lipinski definition) is 1. The minimum atomic E-state index is -4.41. The molecule has 1 N–H and O–H groups in total. The van der Waals surface area contributed by atoms with Crippen LogP contribution in [0, 0.1) is 0 Å². The minimum Gasteiger partial charge on any atom is -0.468 e. The number of aromatic nitrogens is 1. The van der Waals surface area contributed by atoms with E-state index >= 15 is 0 Å². The van der Waals surface area contributed by atoms with Crippen molar-refractivity contribution in [3.05, 3.63) is 18.3 Å². The highest BCUT2D eigenvalue weighted by Gasteiger charge is 2.28. The molecule has 4 nitrogen and oxygen atoms in total. The van der Waals surface area contributed by atoms with Crippen LogP contribution >= 0.6 is 11.6 Å². The van der Waals surface area contributed by atoms with Gasteiger partial charge in [-0.25, -0.2) is 4.98 Å². The lowest BCUT2D eigenvalue weighted by Crippen LogP contribution is -2.19. The number of nitrogens with zero attached hydrogens (tertiary/aromatic N) is 1. The third kappa shape index (κ3) is 5.39. The highest BCUT2D eigenvalue weighted by atomic mass is 35.5. The maximum Gasteiger partial charge on any atom is 0.422 e. The fourth-order valence-corrected chi connectivity index (χ4v) is 0.957. The molecule has 0 atom stereocenters. The fourth-order valence-electron chi connectivity index (χ4n) is 0.890. The van der Waals surface area contributed by atoms with Gasteiger partial charge in [0.05, 0.1) is 11.9 Å². The number of halogens is 4. The van der Waals surface area contributed by atoms with Crippen molar-refractivity contribution in [1.82, 2.24) is 4.98 Å². The highest BCUT2D eigenvalue weighted by molar-refractivity contribution is 6.29. The summed E-state index contributed by atoms with van der Waals surface area (Å²) in [4.78, 5) is 14.5. The lowest BCUT2D eigenvalue weighted by molar-refractivity contribution is -0.154. The maximum absolute atomic E-state index is 11.8. The molecule has 0 aromatic carbocycles. The van der Waals surface area contributed by atoms with Gasteiger partial charge < -0.3 is 10.1 Å². The molecule has 0 spiro atoms. The first-order valence-corrected chi connectivity index (χ1v) is 4.95. The number of anilines is 1. The second-order valence-corrected chi connectivity index (χ2v) is 3.24. The molecule has 0 aliphatic carbocycles. The number of amides is 1. The second-order valence-electron chi connectivity index (χ2n) is 2.97. The summed E-state index contributed by atoms with van der Waals surface area (Å²) < 4.78 is 39.8. The Hall–Kier alpha value is -1.50. The van der Waals surface area contributed by atoms with Crippen LogP contribution in [0.3, 0.4) is 0 Å². The Balaban J connectivity index is 2.53. The Kier molecular flexibility index (Phi) is 4.56. The number of carbonyl (C=O) groups excluding carboxylic acids is 1. The summed E-state index contributed by atoms with van der Waals surface area (Å²) in [5.74, 6) is -0.824. The number of pyridine rings is 1. The monoisotopic (exact) mass is 268 g/mol. The van der Waals surface area contributed by atoms with Crippen molar-refractivity contribution in [2.24, 2.45) is 0 Å². The average Bonchev–Trinajstić information content (AvgIpc) is 2.27. The van der Waals surface area contributed by atoms with Crippen molar-refractivity contribution in [2.75, 3.05) is 17.8 Å². The zero-order valence-corrected chi connectivity index (χ0v) is 9.18. The number of carbonyl (C=O) groups is 1. The van der Waals surface area contributed by atoms with E-state index in [0.717, 1.165) is 0 Å². The predicted octanol–water partition coefficient (Wildman–Crippen LogP) is 2.20. The molecule has 0 aliphatic rings. The van der Waals surface area contributed by atoms with Gasteiger partial charge in [-0.1, -0.05) is 0 Å². The SMILES string of the molecule is O=C(CCl)Nc1ccc(OCC(F)(F)F)nc1. The van der Waals surface area contributed by atoms with Crippen molar-refractivity contribution in [1.29, 1.82) is 0 Å². The quantitative estimate of drug-likeness (QED) is 0.852. The van der Waals surface area contributed by atoms with Crippen LogP contribution in [0.15, 0.2) is 18.3 Å². The number of ether oxygens (including phenoxy) is 1. The third-order valence-corrected chi connectivity index (χ3v) is 1.77. The standard InChI is InChI=1S/C9H8ClF3N2O2/c10-3-7(16)15-6-1-2-8(14-4-6)17-5-9(11,12)13/h1-2,4H,3,5H2,(H,15,16). The largest absolute Gasteiger partial charge is 0.468 e. The van der Waals surface area contributed by atoms with Gasteiger partial charge in [0.15, 0.2) is 6.61 Å². The van der Waals surface area contributed by atoms with Crippen molar-refractivity contribution < 1.29 is 22.7 Å². The Morgan fingerprint density at radius 1 is 1.47 bits per heavy atom. The molecule has 0 unspecified atom stereocenters. The van der Waals surface area contributed by atoms with Crippen LogP contribution in [0.25, 0.3) is 0 Å². The first-order chi connectivity index (χ1) is 7.90. The third-order valence-electron chi connectivity index (χ3n) is 1.53.